The fraction of sp³-hybridized carbons (Fsp3) is 0.279. The molecule has 76 heavy (non-hydrogen) atoms. The van der Waals surface area contributed by atoms with Crippen molar-refractivity contribution in [2.45, 2.75) is 112 Å². The van der Waals surface area contributed by atoms with Crippen molar-refractivity contribution < 1.29 is 75.3 Å². The van der Waals surface area contributed by atoms with E-state index in [2.05, 4.69) is 41.5 Å². The van der Waals surface area contributed by atoms with Gasteiger partial charge < -0.3 is 56.2 Å². The average Bonchev–Trinajstić information content (AvgIpc) is 3.30. The number of carbonyl (C=O) groups is 4. The first-order chi connectivity index (χ1) is 34.9. The second-order valence-corrected chi connectivity index (χ2v) is 22.7. The van der Waals surface area contributed by atoms with E-state index in [1.807, 2.05) is 90.1 Å². The summed E-state index contributed by atoms with van der Waals surface area (Å²) in [6.45, 7) is 26.3. The summed E-state index contributed by atoms with van der Waals surface area (Å²) < 4.78 is 0. The second-order valence-electron chi connectivity index (χ2n) is 22.7. The maximum absolute atomic E-state index is 11.4. The third-order valence-electron chi connectivity index (χ3n) is 13.0. The molecule has 0 radical (unpaired) electrons. The van der Waals surface area contributed by atoms with Crippen LogP contribution in [0.2, 0.25) is 0 Å². The van der Waals surface area contributed by atoms with Gasteiger partial charge in [0, 0.05) is 21.7 Å². The van der Waals surface area contributed by atoms with E-state index < -0.39 is 58.2 Å². The number of fused-ring (bicyclic) bond motifs is 4. The topological polar surface area (TPSA) is 291 Å². The number of hydrogen-bond donors (Lipinski definition) is 11. The maximum atomic E-state index is 11.4. The molecule has 400 valence electrons. The van der Waals surface area contributed by atoms with Crippen LogP contribution in [0.15, 0.2) is 97.1 Å². The van der Waals surface area contributed by atoms with Crippen molar-refractivity contribution in [1.82, 2.24) is 0 Å². The zero-order valence-corrected chi connectivity index (χ0v) is 44.8. The summed E-state index contributed by atoms with van der Waals surface area (Å²) in [5.74, 6) is -7.67. The van der Waals surface area contributed by atoms with Gasteiger partial charge in [0.05, 0.1) is 5.56 Å². The van der Waals surface area contributed by atoms with Gasteiger partial charge in [0.1, 0.15) is 33.9 Å². The van der Waals surface area contributed by atoms with Crippen molar-refractivity contribution in [2.24, 2.45) is 0 Å². The van der Waals surface area contributed by atoms with Crippen LogP contribution in [0.5, 0.6) is 40.2 Å². The molecule has 8 aromatic rings. The number of aromatic carboxylic acids is 4. The molecule has 15 nitrogen and oxygen atoms in total. The quantitative estimate of drug-likeness (QED) is 0.0731. The van der Waals surface area contributed by atoms with E-state index in [4.69, 9.17) is 15.3 Å². The summed E-state index contributed by atoms with van der Waals surface area (Å²) in [4.78, 5) is 44.4. The van der Waals surface area contributed by atoms with E-state index in [-0.39, 0.29) is 49.8 Å². The molecule has 0 saturated heterocycles. The maximum Gasteiger partial charge on any atom is 0.343 e. The molecule has 0 spiro atoms. The molecular formula is C61H66O15. The Morgan fingerprint density at radius 3 is 1.05 bits per heavy atom. The molecule has 11 N–H and O–H groups in total. The number of benzene rings is 8. The first-order valence-electron chi connectivity index (χ1n) is 24.0. The number of rotatable bonds is 4. The molecule has 0 bridgehead atoms. The molecule has 8 rings (SSSR count). The van der Waals surface area contributed by atoms with Gasteiger partial charge in [-0.15, -0.1) is 0 Å². The van der Waals surface area contributed by atoms with Gasteiger partial charge in [0.2, 0.25) is 0 Å². The Morgan fingerprint density at radius 2 is 0.645 bits per heavy atom. The fourth-order valence-electron chi connectivity index (χ4n) is 8.29. The molecule has 15 heteroatoms. The van der Waals surface area contributed by atoms with Crippen LogP contribution in [0.25, 0.3) is 43.1 Å². The van der Waals surface area contributed by atoms with Crippen molar-refractivity contribution in [3.05, 3.63) is 147 Å². The third-order valence-corrected chi connectivity index (χ3v) is 13.0. The molecular weight excluding hydrogens is 973 g/mol. The van der Waals surface area contributed by atoms with Gasteiger partial charge in [-0.1, -0.05) is 150 Å². The molecule has 0 aromatic heterocycles. The SMILES string of the molecule is CC(C)(C)c1ccc2c(O)c(C(=O)O)c(O)cc2c1.CC(C)(C)c1ccc2c(O)c(O)c(C(=O)O)cc2c1.CC(C)(C)c1ccc2cc(C(=O)O)c(O)c(O)c2c1.Cc1c(O)cc2cc(C(C)(C)C)ccc2c1C(=O)O. The van der Waals surface area contributed by atoms with E-state index in [1.54, 1.807) is 37.3 Å². The van der Waals surface area contributed by atoms with Gasteiger partial charge in [-0.05, 0) is 108 Å². The van der Waals surface area contributed by atoms with Crippen molar-refractivity contribution in [1.29, 1.82) is 0 Å². The minimum absolute atomic E-state index is 0.0158. The Balaban J connectivity index is 0.000000187. The molecule has 0 atom stereocenters. The molecule has 0 saturated carbocycles. The molecule has 0 aliphatic rings. The van der Waals surface area contributed by atoms with E-state index >= 15 is 0 Å². The number of phenols is 7. The first-order valence-corrected chi connectivity index (χ1v) is 24.0. The molecule has 8 aromatic carbocycles. The van der Waals surface area contributed by atoms with Crippen molar-refractivity contribution >= 4 is 67.0 Å². The molecule has 0 aliphatic carbocycles. The van der Waals surface area contributed by atoms with E-state index in [1.165, 1.54) is 18.2 Å². The van der Waals surface area contributed by atoms with Gasteiger partial charge in [0.25, 0.3) is 0 Å². The smallest absolute Gasteiger partial charge is 0.343 e. The molecule has 0 unspecified atom stereocenters. The van der Waals surface area contributed by atoms with Crippen LogP contribution in [-0.4, -0.2) is 80.0 Å². The van der Waals surface area contributed by atoms with Gasteiger partial charge in [-0.25, -0.2) is 19.2 Å². The van der Waals surface area contributed by atoms with Gasteiger partial charge >= 0.3 is 23.9 Å². The summed E-state index contributed by atoms with van der Waals surface area (Å²) >= 11 is 0. The highest BCUT2D eigenvalue weighted by Crippen LogP contribution is 2.42. The fourth-order valence-corrected chi connectivity index (χ4v) is 8.29. The van der Waals surface area contributed by atoms with Gasteiger partial charge in [-0.3, -0.25) is 0 Å². The van der Waals surface area contributed by atoms with Crippen molar-refractivity contribution in [2.75, 3.05) is 0 Å². The Bertz CT molecular complexity index is 3590. The number of hydrogen-bond acceptors (Lipinski definition) is 11. The summed E-state index contributed by atoms with van der Waals surface area (Å²) in [5.41, 5.74) is 3.45. The molecule has 0 heterocycles. The zero-order chi connectivity index (χ0) is 57.5. The largest absolute Gasteiger partial charge is 0.508 e. The Labute approximate surface area is 439 Å². The van der Waals surface area contributed by atoms with E-state index in [0.717, 1.165) is 27.6 Å². The number of carboxylic acids is 4. The van der Waals surface area contributed by atoms with E-state index in [0.29, 0.717) is 43.3 Å². The van der Waals surface area contributed by atoms with Crippen molar-refractivity contribution in [3.63, 3.8) is 0 Å². The Hall–Kier alpha value is -8.72. The first kappa shape index (κ1) is 58.2. The average molecular weight is 1040 g/mol. The number of aromatic hydroxyl groups is 7. The highest BCUT2D eigenvalue weighted by atomic mass is 16.4. The lowest BCUT2D eigenvalue weighted by Crippen LogP contribution is -2.11. The highest BCUT2D eigenvalue weighted by molar-refractivity contribution is 6.07. The van der Waals surface area contributed by atoms with Crippen LogP contribution >= 0.6 is 0 Å². The predicted octanol–water partition coefficient (Wildman–Crippen LogP) is 13.6. The van der Waals surface area contributed by atoms with Crippen LogP contribution in [0.4, 0.5) is 0 Å². The van der Waals surface area contributed by atoms with Crippen LogP contribution in [0.1, 0.15) is 152 Å². The Kier molecular flexibility index (Phi) is 16.3. The monoisotopic (exact) mass is 1040 g/mol. The van der Waals surface area contributed by atoms with E-state index in [9.17, 15) is 60.0 Å². The third kappa shape index (κ3) is 12.4. The van der Waals surface area contributed by atoms with Crippen LogP contribution in [-0.2, 0) is 21.7 Å². The molecule has 0 aliphatic heterocycles. The standard InChI is InChI=1S/C16H18O3.3C15H16O4/c1-9-13(17)8-10-7-11(16(2,3)4)5-6-12(10)14(9)15(18)19;1-15(2,3)9-4-5-10-8(6-9)7-11(16)12(13(10)17)14(18)19;1-15(2,3)9-4-5-10-8(6-9)7-11(14(18)19)13(17)12(10)16;1-15(2,3)9-5-4-8-6-11(14(18)19)13(17)12(16)10(8)7-9/h5-8,17H,1-4H3,(H,18,19);3*4-7,16-17H,1-3H3,(H,18,19). The minimum atomic E-state index is -1.35. The summed E-state index contributed by atoms with van der Waals surface area (Å²) in [7, 11) is 0. The second kappa shape index (κ2) is 21.3. The number of carboxylic acid groups (broad SMARTS) is 4. The molecule has 0 amide bonds. The predicted molar refractivity (Wildman–Crippen MR) is 295 cm³/mol. The van der Waals surface area contributed by atoms with Crippen LogP contribution in [0.3, 0.4) is 0 Å². The minimum Gasteiger partial charge on any atom is -0.508 e. The number of phenolic OH excluding ortho intramolecular Hbond substituents is 3. The summed E-state index contributed by atoms with van der Waals surface area (Å²) in [6.07, 6.45) is 0. The zero-order valence-electron chi connectivity index (χ0n) is 44.8. The molecule has 0 fully saturated rings. The lowest BCUT2D eigenvalue weighted by Gasteiger charge is -2.20. The van der Waals surface area contributed by atoms with Gasteiger partial charge in [-0.2, -0.15) is 0 Å². The Morgan fingerprint density at radius 1 is 0.316 bits per heavy atom. The summed E-state index contributed by atoms with van der Waals surface area (Å²) in [6, 6.07) is 27.6. The lowest BCUT2D eigenvalue weighted by molar-refractivity contribution is 0.0679. The van der Waals surface area contributed by atoms with Crippen LogP contribution < -0.4 is 0 Å². The van der Waals surface area contributed by atoms with Gasteiger partial charge in [0.15, 0.2) is 23.0 Å². The highest BCUT2D eigenvalue weighted by Gasteiger charge is 2.24. The normalized spacial score (nSPS) is 11.8. The summed E-state index contributed by atoms with van der Waals surface area (Å²) in [5, 5.41) is 110. The lowest BCUT2D eigenvalue weighted by atomic mass is 9.85. The van der Waals surface area contributed by atoms with Crippen molar-refractivity contribution in [3.8, 4) is 40.2 Å². The van der Waals surface area contributed by atoms with Crippen LogP contribution in [0, 0.1) is 6.92 Å².